The van der Waals surface area contributed by atoms with Crippen molar-refractivity contribution in [2.24, 2.45) is 0 Å². The van der Waals surface area contributed by atoms with Crippen LogP contribution in [-0.2, 0) is 6.18 Å². The molecule has 0 radical (unpaired) electrons. The number of nitrogens with zero attached hydrogens (tertiary/aromatic N) is 2. The fourth-order valence-corrected chi connectivity index (χ4v) is 1.91. The van der Waals surface area contributed by atoms with Crippen molar-refractivity contribution in [1.82, 2.24) is 9.36 Å². The maximum Gasteiger partial charge on any atom is 0.416 e. The molecule has 1 heterocycles. The van der Waals surface area contributed by atoms with E-state index in [1.165, 1.54) is 13.3 Å². The summed E-state index contributed by atoms with van der Waals surface area (Å²) < 4.78 is 41.2. The Bertz CT molecular complexity index is 596. The standard InChI is InChI=1S/C11H8F3N3OS/c1-6-4-7(11(12,13)14)2-3-8(6)9(18)17-10-15-5-16-19-10/h2-5H,1H3,(H,15,16,17,18). The molecule has 0 spiro atoms. The largest absolute Gasteiger partial charge is 0.416 e. The van der Waals surface area contributed by atoms with Crippen LogP contribution in [0.2, 0.25) is 0 Å². The molecule has 2 rings (SSSR count). The summed E-state index contributed by atoms with van der Waals surface area (Å²) in [7, 11) is 0. The monoisotopic (exact) mass is 287 g/mol. The van der Waals surface area contributed by atoms with E-state index in [0.717, 1.165) is 29.7 Å². The van der Waals surface area contributed by atoms with Crippen molar-refractivity contribution in [3.05, 3.63) is 41.2 Å². The van der Waals surface area contributed by atoms with Gasteiger partial charge in [-0.2, -0.15) is 17.5 Å². The van der Waals surface area contributed by atoms with Gasteiger partial charge < -0.3 is 0 Å². The van der Waals surface area contributed by atoms with Crippen LogP contribution in [0.1, 0.15) is 21.5 Å². The Morgan fingerprint density at radius 2 is 2.11 bits per heavy atom. The molecule has 1 aromatic carbocycles. The number of amides is 1. The van der Waals surface area contributed by atoms with Crippen LogP contribution in [0.15, 0.2) is 24.5 Å². The summed E-state index contributed by atoms with van der Waals surface area (Å²) in [5.41, 5.74) is -0.363. The summed E-state index contributed by atoms with van der Waals surface area (Å²) in [4.78, 5) is 15.6. The average Bonchev–Trinajstić information content (AvgIpc) is 2.80. The van der Waals surface area contributed by atoms with Crippen LogP contribution in [-0.4, -0.2) is 15.3 Å². The number of hydrogen-bond acceptors (Lipinski definition) is 4. The fourth-order valence-electron chi connectivity index (χ4n) is 1.49. The van der Waals surface area contributed by atoms with E-state index in [9.17, 15) is 18.0 Å². The van der Waals surface area contributed by atoms with Gasteiger partial charge in [0.25, 0.3) is 5.91 Å². The van der Waals surface area contributed by atoms with E-state index < -0.39 is 17.6 Å². The normalized spacial score (nSPS) is 11.4. The van der Waals surface area contributed by atoms with Gasteiger partial charge in [0.1, 0.15) is 6.33 Å². The minimum absolute atomic E-state index is 0.170. The Labute approximate surface area is 110 Å². The Morgan fingerprint density at radius 1 is 1.37 bits per heavy atom. The minimum atomic E-state index is -4.42. The Hall–Kier alpha value is -1.96. The van der Waals surface area contributed by atoms with Crippen molar-refractivity contribution in [2.45, 2.75) is 13.1 Å². The second-order valence-corrected chi connectivity index (χ2v) is 4.51. The van der Waals surface area contributed by atoms with E-state index >= 15 is 0 Å². The topological polar surface area (TPSA) is 54.9 Å². The second kappa shape index (κ2) is 4.96. The van der Waals surface area contributed by atoms with E-state index in [0.29, 0.717) is 5.13 Å². The second-order valence-electron chi connectivity index (χ2n) is 3.73. The number of alkyl halides is 3. The molecule has 1 N–H and O–H groups in total. The first-order valence-corrected chi connectivity index (χ1v) is 5.91. The van der Waals surface area contributed by atoms with Crippen LogP contribution in [0.25, 0.3) is 0 Å². The van der Waals surface area contributed by atoms with Gasteiger partial charge in [-0.3, -0.25) is 10.1 Å². The number of hydrogen-bond donors (Lipinski definition) is 1. The highest BCUT2D eigenvalue weighted by Gasteiger charge is 2.31. The SMILES string of the molecule is Cc1cc(C(F)(F)F)ccc1C(=O)Nc1ncns1. The summed E-state index contributed by atoms with van der Waals surface area (Å²) in [5, 5.41) is 2.76. The summed E-state index contributed by atoms with van der Waals surface area (Å²) in [6.07, 6.45) is -3.14. The number of anilines is 1. The fraction of sp³-hybridized carbons (Fsp3) is 0.182. The number of aromatic nitrogens is 2. The highest BCUT2D eigenvalue weighted by molar-refractivity contribution is 7.09. The summed E-state index contributed by atoms with van der Waals surface area (Å²) in [6.45, 7) is 1.45. The molecule has 1 amide bonds. The van der Waals surface area contributed by atoms with Crippen LogP contribution >= 0.6 is 11.5 Å². The molecule has 100 valence electrons. The summed E-state index contributed by atoms with van der Waals surface area (Å²) in [6, 6.07) is 2.96. The molecule has 0 saturated carbocycles. The molecule has 4 nitrogen and oxygen atoms in total. The lowest BCUT2D eigenvalue weighted by Gasteiger charge is -2.10. The molecule has 19 heavy (non-hydrogen) atoms. The third-order valence-electron chi connectivity index (χ3n) is 2.38. The first-order chi connectivity index (χ1) is 8.88. The van der Waals surface area contributed by atoms with Gasteiger partial charge in [-0.25, -0.2) is 4.98 Å². The summed E-state index contributed by atoms with van der Waals surface area (Å²) in [5.74, 6) is -0.511. The van der Waals surface area contributed by atoms with E-state index in [1.54, 1.807) is 0 Å². The predicted octanol–water partition coefficient (Wildman–Crippen LogP) is 3.12. The van der Waals surface area contributed by atoms with Crippen molar-refractivity contribution in [1.29, 1.82) is 0 Å². The third kappa shape index (κ3) is 3.08. The van der Waals surface area contributed by atoms with Crippen molar-refractivity contribution in [3.8, 4) is 0 Å². The maximum absolute atomic E-state index is 12.5. The minimum Gasteiger partial charge on any atom is -0.297 e. The van der Waals surface area contributed by atoms with E-state index in [2.05, 4.69) is 14.7 Å². The van der Waals surface area contributed by atoms with Gasteiger partial charge in [-0.15, -0.1) is 0 Å². The molecule has 0 aliphatic rings. The number of benzene rings is 1. The average molecular weight is 287 g/mol. The number of aryl methyl sites for hydroxylation is 1. The number of halogens is 3. The van der Waals surface area contributed by atoms with E-state index in [-0.39, 0.29) is 11.1 Å². The number of carbonyl (C=O) groups is 1. The third-order valence-corrected chi connectivity index (χ3v) is 2.96. The van der Waals surface area contributed by atoms with E-state index in [1.807, 2.05) is 0 Å². The quantitative estimate of drug-likeness (QED) is 0.923. The maximum atomic E-state index is 12.5. The molecule has 0 fully saturated rings. The smallest absolute Gasteiger partial charge is 0.297 e. The highest BCUT2D eigenvalue weighted by Crippen LogP contribution is 2.30. The Balaban J connectivity index is 2.24. The summed E-state index contributed by atoms with van der Waals surface area (Å²) >= 11 is 0.986. The molecule has 0 unspecified atom stereocenters. The van der Waals surface area contributed by atoms with Crippen molar-refractivity contribution in [3.63, 3.8) is 0 Å². The zero-order chi connectivity index (χ0) is 14.0. The van der Waals surface area contributed by atoms with Gasteiger partial charge in [0.2, 0.25) is 5.13 Å². The molecular formula is C11H8F3N3OS. The van der Waals surface area contributed by atoms with Gasteiger partial charge in [-0.1, -0.05) is 0 Å². The predicted molar refractivity (Wildman–Crippen MR) is 64.0 cm³/mol. The molecule has 0 atom stereocenters. The van der Waals surface area contributed by atoms with Crippen LogP contribution in [0.3, 0.4) is 0 Å². The first-order valence-electron chi connectivity index (χ1n) is 5.14. The first kappa shape index (κ1) is 13.5. The molecule has 0 aliphatic heterocycles. The number of rotatable bonds is 2. The lowest BCUT2D eigenvalue weighted by Crippen LogP contribution is -2.14. The van der Waals surface area contributed by atoms with Gasteiger partial charge in [0.05, 0.1) is 5.56 Å². The molecule has 0 aliphatic carbocycles. The number of nitrogens with one attached hydrogen (secondary N) is 1. The molecule has 2 aromatic rings. The van der Waals surface area contributed by atoms with Gasteiger partial charge in [0, 0.05) is 17.1 Å². The van der Waals surface area contributed by atoms with Gasteiger partial charge in [0.15, 0.2) is 0 Å². The van der Waals surface area contributed by atoms with Crippen molar-refractivity contribution >= 4 is 22.6 Å². The molecule has 0 saturated heterocycles. The van der Waals surface area contributed by atoms with Crippen LogP contribution in [0.4, 0.5) is 18.3 Å². The van der Waals surface area contributed by atoms with Crippen molar-refractivity contribution in [2.75, 3.05) is 5.32 Å². The zero-order valence-electron chi connectivity index (χ0n) is 9.65. The van der Waals surface area contributed by atoms with Gasteiger partial charge in [-0.05, 0) is 30.7 Å². The Morgan fingerprint density at radius 3 is 2.63 bits per heavy atom. The molecule has 8 heteroatoms. The lowest BCUT2D eigenvalue weighted by molar-refractivity contribution is -0.137. The van der Waals surface area contributed by atoms with Crippen LogP contribution in [0, 0.1) is 6.92 Å². The Kier molecular flexibility index (Phi) is 3.52. The van der Waals surface area contributed by atoms with E-state index in [4.69, 9.17) is 0 Å². The molecule has 1 aromatic heterocycles. The lowest BCUT2D eigenvalue weighted by atomic mass is 10.0. The van der Waals surface area contributed by atoms with Crippen molar-refractivity contribution < 1.29 is 18.0 Å². The number of carbonyl (C=O) groups excluding carboxylic acids is 1. The molecular weight excluding hydrogens is 279 g/mol. The zero-order valence-corrected chi connectivity index (χ0v) is 10.5. The highest BCUT2D eigenvalue weighted by atomic mass is 32.1. The van der Waals surface area contributed by atoms with Crippen LogP contribution in [0.5, 0.6) is 0 Å². The van der Waals surface area contributed by atoms with Crippen LogP contribution < -0.4 is 5.32 Å². The molecule has 0 bridgehead atoms. The van der Waals surface area contributed by atoms with Gasteiger partial charge >= 0.3 is 6.18 Å².